The van der Waals surface area contributed by atoms with E-state index in [9.17, 15) is 9.59 Å². The summed E-state index contributed by atoms with van der Waals surface area (Å²) in [7, 11) is 1.62. The Morgan fingerprint density at radius 3 is 2.88 bits per heavy atom. The van der Waals surface area contributed by atoms with E-state index in [-0.39, 0.29) is 11.5 Å². The predicted molar refractivity (Wildman–Crippen MR) is 120 cm³/mol. The average molecular weight is 430 g/mol. The van der Waals surface area contributed by atoms with Gasteiger partial charge in [-0.2, -0.15) is 0 Å². The number of H-pyrrole nitrogens is 1. The number of hydrogen-bond acceptors (Lipinski definition) is 6. The van der Waals surface area contributed by atoms with Crippen molar-refractivity contribution in [1.29, 1.82) is 0 Å². The lowest BCUT2D eigenvalue weighted by Gasteiger charge is -2.28. The molecule has 1 aliphatic rings. The van der Waals surface area contributed by atoms with Gasteiger partial charge in [0, 0.05) is 29.6 Å². The molecule has 0 unspecified atom stereocenters. The molecule has 32 heavy (non-hydrogen) atoms. The van der Waals surface area contributed by atoms with Crippen molar-refractivity contribution in [2.75, 3.05) is 19.0 Å². The number of furan rings is 1. The number of fused-ring (bicyclic) bond motifs is 2. The highest BCUT2D eigenvalue weighted by Gasteiger charge is 2.25. The number of amides is 1. The van der Waals surface area contributed by atoms with Gasteiger partial charge in [-0.3, -0.25) is 14.6 Å². The van der Waals surface area contributed by atoms with E-state index in [1.807, 2.05) is 36.4 Å². The first-order valence-electron chi connectivity index (χ1n) is 10.4. The second-order valence-corrected chi connectivity index (χ2v) is 7.69. The fraction of sp³-hybridized carbons (Fsp3) is 0.208. The van der Waals surface area contributed by atoms with Crippen LogP contribution in [0, 0.1) is 0 Å². The molecule has 4 aromatic rings. The number of anilines is 1. The molecular formula is C24H22N4O4. The van der Waals surface area contributed by atoms with Gasteiger partial charge in [0.05, 0.1) is 25.6 Å². The molecule has 0 saturated carbocycles. The summed E-state index contributed by atoms with van der Waals surface area (Å²) in [6, 6.07) is 14.9. The Hall–Kier alpha value is -4.07. The predicted octanol–water partition coefficient (Wildman–Crippen LogP) is 3.34. The quantitative estimate of drug-likeness (QED) is 0.504. The second-order valence-electron chi connectivity index (χ2n) is 7.69. The molecule has 3 heterocycles. The van der Waals surface area contributed by atoms with E-state index in [2.05, 4.69) is 15.3 Å². The van der Waals surface area contributed by atoms with Gasteiger partial charge in [-0.05, 0) is 48.4 Å². The normalized spacial score (nSPS) is 13.1. The topological polar surface area (TPSA) is 100 Å². The van der Waals surface area contributed by atoms with E-state index >= 15 is 0 Å². The summed E-state index contributed by atoms with van der Waals surface area (Å²) in [5.41, 5.74) is 3.44. The van der Waals surface area contributed by atoms with Gasteiger partial charge in [0.15, 0.2) is 0 Å². The molecule has 0 radical (unpaired) electrons. The van der Waals surface area contributed by atoms with E-state index in [1.165, 1.54) is 0 Å². The number of hydrogen-bond donors (Lipinski definition) is 2. The van der Waals surface area contributed by atoms with Crippen LogP contribution in [0.1, 0.15) is 27.2 Å². The highest BCUT2D eigenvalue weighted by Crippen LogP contribution is 2.21. The van der Waals surface area contributed by atoms with E-state index in [1.54, 1.807) is 30.4 Å². The van der Waals surface area contributed by atoms with Crippen molar-refractivity contribution < 1.29 is 13.9 Å². The van der Waals surface area contributed by atoms with E-state index in [0.717, 1.165) is 22.3 Å². The standard InChI is InChI=1S/C24H22N4O4/c1-31-18-5-2-15(3-6-18)13-25-24-26-20-14-28(10-8-19(20)22(29)27-24)23(30)17-4-7-21-16(12-17)9-11-32-21/h2-7,9,11-12H,8,10,13-14H2,1H3,(H2,25,26,27,29). The number of nitrogens with one attached hydrogen (secondary N) is 2. The Morgan fingerprint density at radius 2 is 2.06 bits per heavy atom. The summed E-state index contributed by atoms with van der Waals surface area (Å²) in [5.74, 6) is 1.08. The number of carbonyl (C=O) groups excluding carboxylic acids is 1. The van der Waals surface area contributed by atoms with Gasteiger partial charge in [0.2, 0.25) is 5.95 Å². The zero-order valence-electron chi connectivity index (χ0n) is 17.6. The average Bonchev–Trinajstić information content (AvgIpc) is 3.30. The number of aromatic amines is 1. The highest BCUT2D eigenvalue weighted by molar-refractivity contribution is 5.97. The number of ether oxygens (including phenoxy) is 1. The summed E-state index contributed by atoms with van der Waals surface area (Å²) < 4.78 is 10.5. The van der Waals surface area contributed by atoms with E-state index in [0.29, 0.717) is 48.8 Å². The summed E-state index contributed by atoms with van der Waals surface area (Å²) >= 11 is 0. The van der Waals surface area contributed by atoms with Crippen LogP contribution in [0.15, 0.2) is 64.0 Å². The van der Waals surface area contributed by atoms with Crippen molar-refractivity contribution in [1.82, 2.24) is 14.9 Å². The molecule has 1 amide bonds. The molecule has 0 spiro atoms. The van der Waals surface area contributed by atoms with Gasteiger partial charge < -0.3 is 19.4 Å². The summed E-state index contributed by atoms with van der Waals surface area (Å²) in [5, 5.41) is 4.04. The van der Waals surface area contributed by atoms with Crippen LogP contribution < -0.4 is 15.6 Å². The number of methoxy groups -OCH3 is 1. The van der Waals surface area contributed by atoms with Gasteiger partial charge in [0.25, 0.3) is 11.5 Å². The molecule has 1 aliphatic heterocycles. The molecule has 8 nitrogen and oxygen atoms in total. The molecule has 0 bridgehead atoms. The largest absolute Gasteiger partial charge is 0.497 e. The first kappa shape index (κ1) is 19.9. The molecule has 2 N–H and O–H groups in total. The van der Waals surface area contributed by atoms with E-state index < -0.39 is 0 Å². The number of aromatic nitrogens is 2. The first-order valence-corrected chi connectivity index (χ1v) is 10.4. The Kier molecular flexibility index (Phi) is 5.10. The monoisotopic (exact) mass is 430 g/mol. The maximum Gasteiger partial charge on any atom is 0.255 e. The Balaban J connectivity index is 1.33. The molecule has 2 aromatic heterocycles. The lowest BCUT2D eigenvalue weighted by Crippen LogP contribution is -2.39. The molecule has 0 saturated heterocycles. The first-order chi connectivity index (χ1) is 15.6. The van der Waals surface area contributed by atoms with Crippen LogP contribution in [-0.2, 0) is 19.5 Å². The molecule has 5 rings (SSSR count). The SMILES string of the molecule is COc1ccc(CNc2nc3c(c(=O)[nH]2)CCN(C(=O)c2ccc4occc4c2)C3)cc1. The number of carbonyl (C=O) groups is 1. The third kappa shape index (κ3) is 3.82. The lowest BCUT2D eigenvalue weighted by molar-refractivity contribution is 0.0731. The highest BCUT2D eigenvalue weighted by atomic mass is 16.5. The smallest absolute Gasteiger partial charge is 0.255 e. The molecule has 162 valence electrons. The van der Waals surface area contributed by atoms with Crippen LogP contribution in [0.5, 0.6) is 5.75 Å². The fourth-order valence-electron chi connectivity index (χ4n) is 3.91. The van der Waals surface area contributed by atoms with Crippen LogP contribution >= 0.6 is 0 Å². The Labute approximate surface area is 183 Å². The number of rotatable bonds is 5. The number of benzene rings is 2. The molecule has 0 aliphatic carbocycles. The van der Waals surface area contributed by atoms with Crippen LogP contribution in [0.25, 0.3) is 11.0 Å². The summed E-state index contributed by atoms with van der Waals surface area (Å²) in [6.45, 7) is 1.26. The van der Waals surface area contributed by atoms with Crippen LogP contribution in [0.4, 0.5) is 5.95 Å². The minimum Gasteiger partial charge on any atom is -0.497 e. The van der Waals surface area contributed by atoms with Gasteiger partial charge in [-0.25, -0.2) is 4.98 Å². The Bertz CT molecular complexity index is 1340. The van der Waals surface area contributed by atoms with E-state index in [4.69, 9.17) is 9.15 Å². The maximum absolute atomic E-state index is 13.1. The molecule has 0 atom stereocenters. The van der Waals surface area contributed by atoms with Gasteiger partial charge in [0.1, 0.15) is 11.3 Å². The minimum absolute atomic E-state index is 0.0893. The lowest BCUT2D eigenvalue weighted by atomic mass is 10.0. The molecule has 8 heteroatoms. The van der Waals surface area contributed by atoms with Crippen LogP contribution in [-0.4, -0.2) is 34.4 Å². The van der Waals surface area contributed by atoms with Crippen molar-refractivity contribution in [2.24, 2.45) is 0 Å². The van der Waals surface area contributed by atoms with Crippen molar-refractivity contribution in [3.8, 4) is 5.75 Å². The molecular weight excluding hydrogens is 408 g/mol. The summed E-state index contributed by atoms with van der Waals surface area (Å²) in [4.78, 5) is 34.8. The van der Waals surface area contributed by atoms with Gasteiger partial charge in [-0.1, -0.05) is 12.1 Å². The maximum atomic E-state index is 13.1. The second kappa shape index (κ2) is 8.22. The molecule has 0 fully saturated rings. The van der Waals surface area contributed by atoms with Crippen molar-refractivity contribution >= 4 is 22.8 Å². The van der Waals surface area contributed by atoms with Crippen LogP contribution in [0.3, 0.4) is 0 Å². The van der Waals surface area contributed by atoms with Gasteiger partial charge >= 0.3 is 0 Å². The minimum atomic E-state index is -0.167. The van der Waals surface area contributed by atoms with Crippen molar-refractivity contribution in [2.45, 2.75) is 19.5 Å². The summed E-state index contributed by atoms with van der Waals surface area (Å²) in [6.07, 6.45) is 2.07. The molecule has 2 aromatic carbocycles. The zero-order chi connectivity index (χ0) is 22.1. The van der Waals surface area contributed by atoms with Crippen LogP contribution in [0.2, 0.25) is 0 Å². The van der Waals surface area contributed by atoms with Gasteiger partial charge in [-0.15, -0.1) is 0 Å². The number of nitrogens with zero attached hydrogens (tertiary/aromatic N) is 2. The fourth-order valence-corrected chi connectivity index (χ4v) is 3.91. The van der Waals surface area contributed by atoms with Crippen molar-refractivity contribution in [3.05, 3.63) is 87.5 Å². The van der Waals surface area contributed by atoms with Crippen molar-refractivity contribution in [3.63, 3.8) is 0 Å². The third-order valence-corrected chi connectivity index (χ3v) is 5.68. The third-order valence-electron chi connectivity index (χ3n) is 5.68. The Morgan fingerprint density at radius 1 is 1.22 bits per heavy atom. The zero-order valence-corrected chi connectivity index (χ0v) is 17.6.